The Hall–Kier alpha value is -5.89. The molecule has 16 N–H and O–H groups in total. The van der Waals surface area contributed by atoms with E-state index in [9.17, 15) is 19.2 Å². The van der Waals surface area contributed by atoms with E-state index in [-0.39, 0.29) is 19.3 Å². The molecular weight excluding hydrogens is 630 g/mol. The number of benzene rings is 1. The highest BCUT2D eigenvalue weighted by Crippen LogP contribution is 2.18. The maximum absolute atomic E-state index is 10.6. The van der Waals surface area contributed by atoms with Gasteiger partial charge in [0.05, 0.1) is 36.1 Å². The van der Waals surface area contributed by atoms with Gasteiger partial charge < -0.3 is 63.3 Å². The van der Waals surface area contributed by atoms with Crippen molar-refractivity contribution < 1.29 is 39.6 Å². The fourth-order valence-electron chi connectivity index (χ4n) is 3.77. The number of carbonyl (C=O) groups is 4. The third kappa shape index (κ3) is 13.6. The summed E-state index contributed by atoms with van der Waals surface area (Å²) in [6.45, 7) is 0. The first-order valence-corrected chi connectivity index (χ1v) is 14.2. The summed E-state index contributed by atoms with van der Waals surface area (Å²) in [5, 5.41) is 35.0. The molecule has 0 aliphatic rings. The van der Waals surface area contributed by atoms with Crippen LogP contribution in [0.5, 0.6) is 0 Å². The van der Waals surface area contributed by atoms with Crippen LogP contribution in [0.2, 0.25) is 0 Å². The van der Waals surface area contributed by atoms with E-state index in [1.807, 2.05) is 30.5 Å². The lowest BCUT2D eigenvalue weighted by Gasteiger charge is -2.04. The van der Waals surface area contributed by atoms with Crippen LogP contribution in [-0.2, 0) is 44.9 Å². The average molecular weight is 670 g/mol. The van der Waals surface area contributed by atoms with Crippen molar-refractivity contribution in [3.05, 3.63) is 90.7 Å². The second-order valence-electron chi connectivity index (χ2n) is 10.1. The number of H-pyrrole nitrogens is 4. The quantitative estimate of drug-likeness (QED) is 0.0774. The highest BCUT2D eigenvalue weighted by molar-refractivity contribution is 5.84. The van der Waals surface area contributed by atoms with E-state index in [1.165, 1.54) is 19.0 Å². The summed E-state index contributed by atoms with van der Waals surface area (Å²) in [5.41, 5.74) is 25.2. The standard InChI is InChI=1S/C11H12N2O2.3C6H9N3O2/c12-9(11(14)15)5-7-6-13-10-4-2-1-3-8(7)10;3*7-5(6(10)11)1-4-2-8-3-9-4/h1-4,6,9,13H,5,12H2,(H,14,15);3*2-3,5H,1,7H2,(H,8,9)(H,10,11). The van der Waals surface area contributed by atoms with E-state index in [2.05, 4.69) is 34.9 Å². The molecule has 0 saturated heterocycles. The van der Waals surface area contributed by atoms with Gasteiger partial charge in [0.15, 0.2) is 0 Å². The van der Waals surface area contributed by atoms with Crippen molar-refractivity contribution in [1.82, 2.24) is 34.9 Å². The predicted molar refractivity (Wildman–Crippen MR) is 171 cm³/mol. The first kappa shape index (κ1) is 38.3. The molecular formula is C29H39N11O8. The predicted octanol–water partition coefficient (Wildman–Crippen LogP) is -0.785. The van der Waals surface area contributed by atoms with Crippen molar-refractivity contribution in [3.8, 4) is 0 Å². The average Bonchev–Trinajstić information content (AvgIpc) is 3.88. The highest BCUT2D eigenvalue weighted by Gasteiger charge is 2.15. The number of carboxylic acid groups (broad SMARTS) is 4. The normalized spacial score (nSPS) is 12.8. The topological polar surface area (TPSA) is 355 Å². The zero-order valence-electron chi connectivity index (χ0n) is 25.6. The number of hydrogen-bond donors (Lipinski definition) is 12. The third-order valence-electron chi connectivity index (χ3n) is 6.34. The van der Waals surface area contributed by atoms with E-state index >= 15 is 0 Å². The Morgan fingerprint density at radius 1 is 0.562 bits per heavy atom. The minimum atomic E-state index is -1.01. The summed E-state index contributed by atoms with van der Waals surface area (Å²) >= 11 is 0. The van der Waals surface area contributed by atoms with E-state index < -0.39 is 48.0 Å². The van der Waals surface area contributed by atoms with Crippen molar-refractivity contribution in [1.29, 1.82) is 0 Å². The van der Waals surface area contributed by atoms with Crippen LogP contribution in [0.3, 0.4) is 0 Å². The van der Waals surface area contributed by atoms with E-state index in [0.29, 0.717) is 23.5 Å². The lowest BCUT2D eigenvalue weighted by molar-refractivity contribution is -0.139. The molecule has 5 rings (SSSR count). The van der Waals surface area contributed by atoms with Crippen LogP contribution in [0.1, 0.15) is 22.6 Å². The van der Waals surface area contributed by atoms with Gasteiger partial charge in [0, 0.05) is 61.4 Å². The molecule has 48 heavy (non-hydrogen) atoms. The minimum Gasteiger partial charge on any atom is -0.480 e. The number of aromatic nitrogens is 7. The Bertz CT molecular complexity index is 1550. The molecule has 0 bridgehead atoms. The molecule has 0 radical (unpaired) electrons. The number of nitrogens with two attached hydrogens (primary N) is 4. The number of aromatic amines is 4. The summed E-state index contributed by atoms with van der Waals surface area (Å²) in [4.78, 5) is 64.2. The monoisotopic (exact) mass is 669 g/mol. The van der Waals surface area contributed by atoms with E-state index in [0.717, 1.165) is 16.5 Å². The molecule has 258 valence electrons. The molecule has 0 saturated carbocycles. The minimum absolute atomic E-state index is 0.263. The Kier molecular flexibility index (Phi) is 15.6. The molecule has 0 aliphatic heterocycles. The largest absolute Gasteiger partial charge is 0.480 e. The molecule has 19 heteroatoms. The van der Waals surface area contributed by atoms with Gasteiger partial charge in [-0.1, -0.05) is 18.2 Å². The maximum Gasteiger partial charge on any atom is 0.320 e. The van der Waals surface area contributed by atoms with Crippen LogP contribution < -0.4 is 22.9 Å². The van der Waals surface area contributed by atoms with Crippen LogP contribution in [-0.4, -0.2) is 103 Å². The molecule has 5 aromatic rings. The molecule has 0 fully saturated rings. The zero-order valence-corrected chi connectivity index (χ0v) is 25.6. The number of nitrogens with zero attached hydrogens (tertiary/aromatic N) is 3. The van der Waals surface area contributed by atoms with Gasteiger partial charge in [-0.3, -0.25) is 19.2 Å². The SMILES string of the molecule is NC(Cc1c[nH]c2ccccc12)C(=O)O.NC(Cc1c[nH]cn1)C(=O)O.NC(Cc1c[nH]cn1)C(=O)O.NC(Cc1c[nH]cn1)C(=O)O. The number of nitrogens with one attached hydrogen (secondary N) is 4. The van der Waals surface area contributed by atoms with Crippen LogP contribution >= 0.6 is 0 Å². The van der Waals surface area contributed by atoms with Gasteiger partial charge >= 0.3 is 23.9 Å². The first-order chi connectivity index (χ1) is 22.8. The second kappa shape index (κ2) is 19.6. The summed E-state index contributed by atoms with van der Waals surface area (Å²) in [5.74, 6) is -3.99. The Morgan fingerprint density at radius 3 is 1.25 bits per heavy atom. The van der Waals surface area contributed by atoms with Crippen molar-refractivity contribution in [3.63, 3.8) is 0 Å². The molecule has 4 atom stereocenters. The highest BCUT2D eigenvalue weighted by atomic mass is 16.4. The van der Waals surface area contributed by atoms with Gasteiger partial charge in [-0.15, -0.1) is 0 Å². The smallest absolute Gasteiger partial charge is 0.320 e. The molecule has 4 aromatic heterocycles. The lowest BCUT2D eigenvalue weighted by atomic mass is 10.1. The number of imidazole rings is 3. The Labute approximate surface area is 272 Å². The number of fused-ring (bicyclic) bond motifs is 1. The number of para-hydroxylation sites is 1. The van der Waals surface area contributed by atoms with Crippen molar-refractivity contribution in [2.45, 2.75) is 49.9 Å². The van der Waals surface area contributed by atoms with Gasteiger partial charge in [-0.05, 0) is 11.6 Å². The zero-order chi connectivity index (χ0) is 35.6. The van der Waals surface area contributed by atoms with Gasteiger partial charge in [-0.2, -0.15) is 0 Å². The molecule has 0 spiro atoms. The van der Waals surface area contributed by atoms with E-state index in [4.69, 9.17) is 43.4 Å². The molecule has 19 nitrogen and oxygen atoms in total. The number of rotatable bonds is 12. The van der Waals surface area contributed by atoms with Gasteiger partial charge in [0.1, 0.15) is 24.2 Å². The number of carboxylic acids is 4. The summed E-state index contributed by atoms with van der Waals surface area (Å²) in [6.07, 6.45) is 12.3. The molecule has 4 heterocycles. The molecule has 4 unspecified atom stereocenters. The van der Waals surface area contributed by atoms with Crippen LogP contribution in [0.4, 0.5) is 0 Å². The van der Waals surface area contributed by atoms with Crippen LogP contribution in [0.15, 0.2) is 68.0 Å². The van der Waals surface area contributed by atoms with Crippen molar-refractivity contribution >= 4 is 34.8 Å². The summed E-state index contributed by atoms with van der Waals surface area (Å²) in [6, 6.07) is 4.33. The molecule has 1 aromatic carbocycles. The van der Waals surface area contributed by atoms with Crippen LogP contribution in [0.25, 0.3) is 10.9 Å². The Balaban J connectivity index is 0.000000225. The fraction of sp³-hybridized carbons (Fsp3) is 0.276. The molecule has 0 amide bonds. The van der Waals surface area contributed by atoms with Gasteiger partial charge in [0.25, 0.3) is 0 Å². The second-order valence-corrected chi connectivity index (χ2v) is 10.1. The molecule has 0 aliphatic carbocycles. The first-order valence-electron chi connectivity index (χ1n) is 14.2. The Morgan fingerprint density at radius 2 is 0.917 bits per heavy atom. The van der Waals surface area contributed by atoms with E-state index in [1.54, 1.807) is 18.6 Å². The van der Waals surface area contributed by atoms with Crippen molar-refractivity contribution in [2.75, 3.05) is 0 Å². The summed E-state index contributed by atoms with van der Waals surface area (Å²) in [7, 11) is 0. The van der Waals surface area contributed by atoms with Crippen molar-refractivity contribution in [2.24, 2.45) is 22.9 Å². The fourth-order valence-corrected chi connectivity index (χ4v) is 3.77. The van der Waals surface area contributed by atoms with Gasteiger partial charge in [-0.25, -0.2) is 15.0 Å². The number of aliphatic carboxylic acids is 4. The number of hydrogen-bond acceptors (Lipinski definition) is 11. The van der Waals surface area contributed by atoms with Crippen LogP contribution in [0, 0.1) is 0 Å². The maximum atomic E-state index is 10.6. The lowest BCUT2D eigenvalue weighted by Crippen LogP contribution is -2.32. The third-order valence-corrected chi connectivity index (χ3v) is 6.34. The summed E-state index contributed by atoms with van der Waals surface area (Å²) < 4.78 is 0. The van der Waals surface area contributed by atoms with Gasteiger partial charge in [0.2, 0.25) is 0 Å².